The summed E-state index contributed by atoms with van der Waals surface area (Å²) in [5.74, 6) is 0. The third kappa shape index (κ3) is 68.6. The molecule has 0 unspecified atom stereocenters. The van der Waals surface area contributed by atoms with E-state index in [0.717, 1.165) is 0 Å². The van der Waals surface area contributed by atoms with E-state index >= 15 is 0 Å². The quantitative estimate of drug-likeness (QED) is 0.404. The van der Waals surface area contributed by atoms with Gasteiger partial charge < -0.3 is 12.4 Å². The molecule has 0 aliphatic heterocycles. The first-order valence-electron chi connectivity index (χ1n) is 0.651. The molecule has 0 heterocycles. The molecule has 0 aliphatic carbocycles. The minimum absolute atomic E-state index is 0. The third-order valence-electron chi connectivity index (χ3n) is 0. The molecule has 0 spiro atoms. The van der Waals surface area contributed by atoms with Crippen LogP contribution in [0.2, 0.25) is 0 Å². The summed E-state index contributed by atoms with van der Waals surface area (Å²) in [5, 5.41) is 0. The summed E-state index contributed by atoms with van der Waals surface area (Å²) in [6.07, 6.45) is 0. The molecule has 0 saturated carbocycles. The van der Waals surface area contributed by atoms with Crippen molar-refractivity contribution in [2.24, 2.45) is 0 Å². The molecule has 3 nitrogen and oxygen atoms in total. The van der Waals surface area contributed by atoms with Crippen LogP contribution in [0, 0.1) is 0 Å². The van der Waals surface area contributed by atoms with Crippen molar-refractivity contribution in [1.29, 1.82) is 0 Å². The van der Waals surface area contributed by atoms with Crippen LogP contribution in [-0.2, 0) is 26.8 Å². The van der Waals surface area contributed by atoms with Crippen molar-refractivity contribution in [2.75, 3.05) is 0 Å². The molecule has 0 amide bonds. The zero-order valence-electron chi connectivity index (χ0n) is 4.96. The SMILES string of the molecule is O=[Si](O)O.[AlH3].[Ca+2].[GaH3].[H-].[H-].[Ta]. The molecule has 8 heavy (non-hydrogen) atoms. The maximum Gasteiger partial charge on any atom is 0 e. The molecular weight excluding hydrogens is 394 g/mol. The molecule has 0 atom stereocenters. The fourth-order valence-electron chi connectivity index (χ4n) is 0. The molecule has 45 valence electrons. The van der Waals surface area contributed by atoms with E-state index in [4.69, 9.17) is 14.1 Å². The molecule has 1 radical (unpaired) electrons. The smallest absolute Gasteiger partial charge is 0 e. The van der Waals surface area contributed by atoms with Gasteiger partial charge in [0.15, 0.2) is 17.4 Å². The fraction of sp³-hybridized carbons (Fsp3) is 0. The summed E-state index contributed by atoms with van der Waals surface area (Å²) in [4.78, 5) is 14.3. The Labute approximate surface area is 121 Å². The van der Waals surface area contributed by atoms with Gasteiger partial charge in [0.05, 0.1) is 0 Å². The van der Waals surface area contributed by atoms with Crippen molar-refractivity contribution in [2.45, 2.75) is 0 Å². The van der Waals surface area contributed by atoms with Gasteiger partial charge in [0, 0.05) is 22.4 Å². The summed E-state index contributed by atoms with van der Waals surface area (Å²) in [6, 6.07) is 0. The second-order valence-electron chi connectivity index (χ2n) is 0.283. The topological polar surface area (TPSA) is 57.5 Å². The number of hydrogen-bond acceptors (Lipinski definition) is 1. The molecular formula is H10AlCaGaO3SiTa. The zero-order chi connectivity index (χ0) is 3.58. The summed E-state index contributed by atoms with van der Waals surface area (Å²) in [6.45, 7) is 0. The van der Waals surface area contributed by atoms with Gasteiger partial charge in [0.1, 0.15) is 0 Å². The molecule has 0 aromatic rings. The van der Waals surface area contributed by atoms with E-state index in [9.17, 15) is 0 Å². The fourth-order valence-corrected chi connectivity index (χ4v) is 0. The summed E-state index contributed by atoms with van der Waals surface area (Å²) in [7, 11) is -3.13. The molecule has 0 fully saturated rings. The van der Waals surface area contributed by atoms with Crippen LogP contribution in [0.5, 0.6) is 0 Å². The Morgan fingerprint density at radius 2 is 1.38 bits per heavy atom. The van der Waals surface area contributed by atoms with Crippen LogP contribution < -0.4 is 0 Å². The second-order valence-corrected chi connectivity index (χ2v) is 0.848. The minimum atomic E-state index is -3.13. The van der Waals surface area contributed by atoms with Gasteiger partial charge in [-0.1, -0.05) is 0 Å². The van der Waals surface area contributed by atoms with Gasteiger partial charge in [-0.25, -0.2) is 0 Å². The predicted octanol–water partition coefficient (Wildman–Crippen LogP) is -4.14. The van der Waals surface area contributed by atoms with Crippen molar-refractivity contribution in [3.8, 4) is 0 Å². The van der Waals surface area contributed by atoms with Crippen LogP contribution in [0.3, 0.4) is 0 Å². The molecule has 0 aliphatic rings. The molecule has 0 rings (SSSR count). The van der Waals surface area contributed by atoms with Crippen LogP contribution in [0.4, 0.5) is 0 Å². The largest absolute Gasteiger partial charge is 1.00 e. The van der Waals surface area contributed by atoms with Crippen molar-refractivity contribution >= 4 is 84.1 Å². The second kappa shape index (κ2) is 22.6. The molecule has 0 aromatic heterocycles. The van der Waals surface area contributed by atoms with E-state index in [1.54, 1.807) is 0 Å². The van der Waals surface area contributed by atoms with Gasteiger partial charge in [-0.15, -0.1) is 0 Å². The van der Waals surface area contributed by atoms with Gasteiger partial charge in [-0.2, -0.15) is 0 Å². The third-order valence-corrected chi connectivity index (χ3v) is 0. The van der Waals surface area contributed by atoms with Crippen LogP contribution in [0.15, 0.2) is 0 Å². The van der Waals surface area contributed by atoms with Crippen LogP contribution in [0.1, 0.15) is 2.85 Å². The summed E-state index contributed by atoms with van der Waals surface area (Å²) >= 11 is 0. The van der Waals surface area contributed by atoms with Crippen molar-refractivity contribution in [1.82, 2.24) is 0 Å². The van der Waals surface area contributed by atoms with Crippen molar-refractivity contribution in [3.05, 3.63) is 0 Å². The van der Waals surface area contributed by atoms with Crippen LogP contribution in [-0.4, -0.2) is 93.7 Å². The zero-order valence-corrected chi connectivity index (χ0v) is 9.38. The Morgan fingerprint density at radius 1 is 1.38 bits per heavy atom. The van der Waals surface area contributed by atoms with E-state index in [2.05, 4.69) is 0 Å². The van der Waals surface area contributed by atoms with Crippen LogP contribution >= 0.6 is 0 Å². The Morgan fingerprint density at radius 3 is 1.38 bits per heavy atom. The number of rotatable bonds is 0. The normalized spacial score (nSPS) is 3.00. The average molecular weight is 404 g/mol. The van der Waals surface area contributed by atoms with E-state index in [-0.39, 0.29) is 100 Å². The maximum absolute atomic E-state index is 8.74. The monoisotopic (exact) mass is 403 g/mol. The van der Waals surface area contributed by atoms with E-state index < -0.39 is 9.17 Å². The number of hydrogen-bond donors (Lipinski definition) is 2. The summed E-state index contributed by atoms with van der Waals surface area (Å²) < 4.78 is 8.74. The van der Waals surface area contributed by atoms with Gasteiger partial charge in [-0.3, -0.25) is 4.46 Å². The predicted molar refractivity (Wildman–Crippen MR) is 38.7 cm³/mol. The Bertz CT molecular complexity index is 49.5. The van der Waals surface area contributed by atoms with E-state index in [0.29, 0.717) is 0 Å². The van der Waals surface area contributed by atoms with Crippen molar-refractivity contribution < 1.29 is 39.3 Å². The average Bonchev–Trinajstić information content (AvgIpc) is 0.811. The van der Waals surface area contributed by atoms with Crippen LogP contribution in [0.25, 0.3) is 0 Å². The first-order valence-corrected chi connectivity index (χ1v) is 1.95. The van der Waals surface area contributed by atoms with E-state index in [1.165, 1.54) is 0 Å². The standard InChI is InChI=1S/Al.Ca.Ga.H2O3Si.Ta.8H/c;;;1-4(2)3;;;;;;;;;/h;;;1-2H;;;;;;;;;/q;+2;;;;;;;;;;2*-1. The van der Waals surface area contributed by atoms with Gasteiger partial charge in [0.2, 0.25) is 0 Å². The first-order chi connectivity index (χ1) is 1.73. The molecule has 0 bridgehead atoms. The molecule has 0 aromatic carbocycles. The van der Waals surface area contributed by atoms with Crippen molar-refractivity contribution in [3.63, 3.8) is 0 Å². The molecule has 8 heteroatoms. The maximum atomic E-state index is 8.74. The summed E-state index contributed by atoms with van der Waals surface area (Å²) in [5.41, 5.74) is 0. The molecule has 0 saturated heterocycles. The van der Waals surface area contributed by atoms with Gasteiger partial charge >= 0.3 is 66.7 Å². The Kier molecular flexibility index (Phi) is 87.0. The molecule has 2 N–H and O–H groups in total. The Balaban J connectivity index is -0.00000000300. The van der Waals surface area contributed by atoms with Gasteiger partial charge in [0.25, 0.3) is 0 Å². The Hall–Kier alpha value is 2.79. The van der Waals surface area contributed by atoms with Gasteiger partial charge in [-0.05, 0) is 0 Å². The van der Waals surface area contributed by atoms with E-state index in [1.807, 2.05) is 0 Å². The first kappa shape index (κ1) is 30.9. The minimum Gasteiger partial charge on any atom is -1.00 e.